The number of aryl methyl sites for hydroxylation is 1. The first-order valence-corrected chi connectivity index (χ1v) is 8.15. The van der Waals surface area contributed by atoms with E-state index in [2.05, 4.69) is 0 Å². The Bertz CT molecular complexity index is 523. The van der Waals surface area contributed by atoms with Crippen molar-refractivity contribution in [1.29, 1.82) is 0 Å². The molecule has 0 saturated carbocycles. The Kier molecular flexibility index (Phi) is 5.15. The van der Waals surface area contributed by atoms with Crippen LogP contribution in [0.3, 0.4) is 0 Å². The predicted molar refractivity (Wildman–Crippen MR) is 73.8 cm³/mol. The summed E-state index contributed by atoms with van der Waals surface area (Å²) in [5, 5.41) is 0. The molecule has 0 amide bonds. The third kappa shape index (κ3) is 4.02. The van der Waals surface area contributed by atoms with E-state index in [1.54, 1.807) is 24.3 Å². The molecular formula is C14H20O5S. The van der Waals surface area contributed by atoms with Gasteiger partial charge in [0.25, 0.3) is 10.1 Å². The molecule has 0 aliphatic carbocycles. The van der Waals surface area contributed by atoms with Crippen molar-refractivity contribution in [2.24, 2.45) is 0 Å². The molecule has 0 spiro atoms. The van der Waals surface area contributed by atoms with E-state index in [-0.39, 0.29) is 23.9 Å². The van der Waals surface area contributed by atoms with E-state index in [9.17, 15) is 8.42 Å². The Morgan fingerprint density at radius 3 is 2.60 bits per heavy atom. The summed E-state index contributed by atoms with van der Waals surface area (Å²) < 4.78 is 39.9. The first-order valence-electron chi connectivity index (χ1n) is 6.74. The molecule has 1 aromatic carbocycles. The highest BCUT2D eigenvalue weighted by Gasteiger charge is 2.27. The molecule has 112 valence electrons. The monoisotopic (exact) mass is 300 g/mol. The van der Waals surface area contributed by atoms with Gasteiger partial charge in [-0.15, -0.1) is 0 Å². The first-order chi connectivity index (χ1) is 9.51. The van der Waals surface area contributed by atoms with Crippen molar-refractivity contribution < 1.29 is 22.1 Å². The zero-order valence-electron chi connectivity index (χ0n) is 11.7. The van der Waals surface area contributed by atoms with Crippen LogP contribution < -0.4 is 0 Å². The number of hydrogen-bond acceptors (Lipinski definition) is 5. The third-order valence-electron chi connectivity index (χ3n) is 3.14. The zero-order valence-corrected chi connectivity index (χ0v) is 12.6. The second-order valence-electron chi connectivity index (χ2n) is 4.77. The van der Waals surface area contributed by atoms with Crippen LogP contribution in [0.4, 0.5) is 0 Å². The maximum Gasteiger partial charge on any atom is 0.297 e. The van der Waals surface area contributed by atoms with Crippen molar-refractivity contribution in [1.82, 2.24) is 0 Å². The number of rotatable bonds is 6. The lowest BCUT2D eigenvalue weighted by Crippen LogP contribution is -2.21. The second kappa shape index (κ2) is 6.67. The van der Waals surface area contributed by atoms with Crippen LogP contribution in [0.25, 0.3) is 0 Å². The second-order valence-corrected chi connectivity index (χ2v) is 6.39. The smallest absolute Gasteiger partial charge is 0.297 e. The molecule has 1 saturated heterocycles. The van der Waals surface area contributed by atoms with Crippen LogP contribution in [0.5, 0.6) is 0 Å². The number of ether oxygens (including phenoxy) is 2. The van der Waals surface area contributed by atoms with Gasteiger partial charge >= 0.3 is 0 Å². The Balaban J connectivity index is 1.89. The topological polar surface area (TPSA) is 61.8 Å². The molecule has 0 bridgehead atoms. The first kappa shape index (κ1) is 15.4. The molecule has 0 aromatic heterocycles. The van der Waals surface area contributed by atoms with E-state index in [0.29, 0.717) is 6.61 Å². The van der Waals surface area contributed by atoms with Crippen molar-refractivity contribution in [3.8, 4) is 0 Å². The van der Waals surface area contributed by atoms with Crippen LogP contribution in [0.15, 0.2) is 29.2 Å². The molecule has 1 aliphatic heterocycles. The van der Waals surface area contributed by atoms with E-state index in [0.717, 1.165) is 18.4 Å². The van der Waals surface area contributed by atoms with Crippen LogP contribution >= 0.6 is 0 Å². The molecule has 1 aromatic rings. The minimum Gasteiger partial charge on any atom is -0.353 e. The van der Waals surface area contributed by atoms with Gasteiger partial charge in [-0.3, -0.25) is 4.18 Å². The SMILES string of the molecule is CCO[C@@H]1CCC(COS(=O)(=O)c2ccc(C)cc2)O1. The highest BCUT2D eigenvalue weighted by molar-refractivity contribution is 7.86. The minimum absolute atomic E-state index is 0.0276. The van der Waals surface area contributed by atoms with Gasteiger partial charge in [0.05, 0.1) is 17.6 Å². The summed E-state index contributed by atoms with van der Waals surface area (Å²) in [6.45, 7) is 4.41. The van der Waals surface area contributed by atoms with E-state index in [1.807, 2.05) is 13.8 Å². The van der Waals surface area contributed by atoms with Gasteiger partial charge in [-0.25, -0.2) is 0 Å². The predicted octanol–water partition coefficient (Wildman–Crippen LogP) is 2.24. The summed E-state index contributed by atoms with van der Waals surface area (Å²) >= 11 is 0. The highest BCUT2D eigenvalue weighted by Crippen LogP contribution is 2.22. The number of hydrogen-bond donors (Lipinski definition) is 0. The van der Waals surface area contributed by atoms with Crippen molar-refractivity contribution in [2.45, 2.75) is 44.0 Å². The lowest BCUT2D eigenvalue weighted by Gasteiger charge is -2.13. The molecule has 1 heterocycles. The maximum absolute atomic E-state index is 12.0. The Labute approximate surface area is 120 Å². The van der Waals surface area contributed by atoms with Crippen molar-refractivity contribution in [2.75, 3.05) is 13.2 Å². The van der Waals surface area contributed by atoms with Crippen LogP contribution in [-0.2, 0) is 23.8 Å². The van der Waals surface area contributed by atoms with Crippen LogP contribution in [-0.4, -0.2) is 34.0 Å². The summed E-state index contributed by atoms with van der Waals surface area (Å²) in [5.74, 6) is 0. The van der Waals surface area contributed by atoms with Gasteiger partial charge in [0.15, 0.2) is 6.29 Å². The summed E-state index contributed by atoms with van der Waals surface area (Å²) in [5.41, 5.74) is 1.00. The van der Waals surface area contributed by atoms with Gasteiger partial charge in [0.1, 0.15) is 0 Å². The van der Waals surface area contributed by atoms with Gasteiger partial charge < -0.3 is 9.47 Å². The fraction of sp³-hybridized carbons (Fsp3) is 0.571. The largest absolute Gasteiger partial charge is 0.353 e. The fourth-order valence-corrected chi connectivity index (χ4v) is 2.98. The van der Waals surface area contributed by atoms with Crippen molar-refractivity contribution in [3.05, 3.63) is 29.8 Å². The summed E-state index contributed by atoms with van der Waals surface area (Å²) in [7, 11) is -3.72. The molecule has 1 aliphatic rings. The lowest BCUT2D eigenvalue weighted by molar-refractivity contribution is -0.135. The molecule has 20 heavy (non-hydrogen) atoms. The van der Waals surface area contributed by atoms with E-state index in [4.69, 9.17) is 13.7 Å². The fourth-order valence-electron chi connectivity index (χ4n) is 2.04. The Morgan fingerprint density at radius 1 is 1.25 bits per heavy atom. The molecule has 0 N–H and O–H groups in total. The molecule has 1 fully saturated rings. The number of benzene rings is 1. The van der Waals surface area contributed by atoms with Gasteiger partial charge in [0.2, 0.25) is 0 Å². The quantitative estimate of drug-likeness (QED) is 0.754. The van der Waals surface area contributed by atoms with Crippen LogP contribution in [0.1, 0.15) is 25.3 Å². The normalized spacial score (nSPS) is 23.1. The summed E-state index contributed by atoms with van der Waals surface area (Å²) in [6, 6.07) is 6.58. The maximum atomic E-state index is 12.0. The molecule has 2 atom stereocenters. The van der Waals surface area contributed by atoms with Crippen molar-refractivity contribution >= 4 is 10.1 Å². The molecule has 2 rings (SSSR count). The van der Waals surface area contributed by atoms with Gasteiger partial charge in [-0.2, -0.15) is 8.42 Å². The Morgan fingerprint density at radius 2 is 1.95 bits per heavy atom. The third-order valence-corrected chi connectivity index (χ3v) is 4.44. The van der Waals surface area contributed by atoms with Gasteiger partial charge in [-0.1, -0.05) is 17.7 Å². The van der Waals surface area contributed by atoms with E-state index >= 15 is 0 Å². The zero-order chi connectivity index (χ0) is 14.6. The highest BCUT2D eigenvalue weighted by atomic mass is 32.2. The average molecular weight is 300 g/mol. The average Bonchev–Trinajstić information content (AvgIpc) is 2.85. The molecule has 5 nitrogen and oxygen atoms in total. The Hall–Kier alpha value is -0.950. The van der Waals surface area contributed by atoms with E-state index in [1.165, 1.54) is 0 Å². The van der Waals surface area contributed by atoms with Gasteiger partial charge in [-0.05, 0) is 32.4 Å². The van der Waals surface area contributed by atoms with E-state index < -0.39 is 10.1 Å². The molecule has 6 heteroatoms. The van der Waals surface area contributed by atoms with Crippen LogP contribution in [0, 0.1) is 6.92 Å². The molecule has 1 unspecified atom stereocenters. The summed E-state index contributed by atoms with van der Waals surface area (Å²) in [4.78, 5) is 0.169. The minimum atomic E-state index is -3.72. The van der Waals surface area contributed by atoms with Gasteiger partial charge in [0, 0.05) is 13.0 Å². The lowest BCUT2D eigenvalue weighted by atomic mass is 10.2. The molecule has 0 radical (unpaired) electrons. The van der Waals surface area contributed by atoms with Crippen LogP contribution in [0.2, 0.25) is 0 Å². The standard InChI is InChI=1S/C14H20O5S/c1-3-17-14-9-6-12(19-14)10-18-20(15,16)13-7-4-11(2)5-8-13/h4-5,7-8,12,14H,3,6,9-10H2,1-2H3/t12?,14-/m0/s1. The summed E-state index contributed by atoms with van der Waals surface area (Å²) in [6.07, 6.45) is 1.04. The molecular weight excluding hydrogens is 280 g/mol. The van der Waals surface area contributed by atoms with Crippen molar-refractivity contribution in [3.63, 3.8) is 0 Å².